The van der Waals surface area contributed by atoms with Crippen LogP contribution in [-0.2, 0) is 4.74 Å². The lowest BCUT2D eigenvalue weighted by atomic mass is 10.1. The summed E-state index contributed by atoms with van der Waals surface area (Å²) in [6.07, 6.45) is 0. The van der Waals surface area contributed by atoms with Crippen molar-refractivity contribution >= 4 is 29.0 Å². The van der Waals surface area contributed by atoms with Gasteiger partial charge in [-0.1, -0.05) is 6.07 Å². The van der Waals surface area contributed by atoms with Crippen LogP contribution in [-0.4, -0.2) is 23.7 Å². The highest BCUT2D eigenvalue weighted by atomic mass is 32.1. The van der Waals surface area contributed by atoms with E-state index in [9.17, 15) is 4.79 Å². The Bertz CT molecular complexity index is 493. The zero-order valence-electron chi connectivity index (χ0n) is 12.0. The molecule has 4 nitrogen and oxygen atoms in total. The van der Waals surface area contributed by atoms with Gasteiger partial charge in [0.05, 0.1) is 12.7 Å². The quantitative estimate of drug-likeness (QED) is 0.644. The van der Waals surface area contributed by atoms with Gasteiger partial charge in [-0.2, -0.15) is 0 Å². The fourth-order valence-corrected chi connectivity index (χ4v) is 1.91. The molecule has 0 bridgehead atoms. The number of benzene rings is 1. The summed E-state index contributed by atoms with van der Waals surface area (Å²) in [5.41, 5.74) is 2.18. The van der Waals surface area contributed by atoms with Crippen LogP contribution in [0.15, 0.2) is 18.2 Å². The predicted molar refractivity (Wildman–Crippen MR) is 81.6 cm³/mol. The molecule has 0 saturated carbocycles. The van der Waals surface area contributed by atoms with Crippen LogP contribution in [0, 0.1) is 6.92 Å². The molecule has 0 spiro atoms. The van der Waals surface area contributed by atoms with Crippen molar-refractivity contribution in [3.63, 3.8) is 0 Å². The Morgan fingerprint density at radius 1 is 1.32 bits per heavy atom. The molecule has 104 valence electrons. The average molecular weight is 280 g/mol. The third-order valence-corrected chi connectivity index (χ3v) is 2.60. The zero-order chi connectivity index (χ0) is 14.6. The normalized spacial score (nSPS) is 10.8. The minimum Gasteiger partial charge on any atom is -0.465 e. The molecule has 0 fully saturated rings. The first kappa shape index (κ1) is 15.4. The Morgan fingerprint density at radius 3 is 2.47 bits per heavy atom. The fourth-order valence-electron chi connectivity index (χ4n) is 1.50. The largest absolute Gasteiger partial charge is 0.465 e. The number of aryl methyl sites for hydroxylation is 1. The first-order valence-electron chi connectivity index (χ1n) is 6.01. The second kappa shape index (κ2) is 6.02. The lowest BCUT2D eigenvalue weighted by Crippen LogP contribution is -2.43. The van der Waals surface area contributed by atoms with Gasteiger partial charge < -0.3 is 15.4 Å². The number of anilines is 1. The van der Waals surface area contributed by atoms with Crippen molar-refractivity contribution in [1.29, 1.82) is 0 Å². The molecule has 0 radical (unpaired) electrons. The maximum Gasteiger partial charge on any atom is 0.337 e. The van der Waals surface area contributed by atoms with E-state index < -0.39 is 0 Å². The van der Waals surface area contributed by atoms with Gasteiger partial charge in [0, 0.05) is 11.2 Å². The summed E-state index contributed by atoms with van der Waals surface area (Å²) in [4.78, 5) is 11.5. The molecule has 5 heteroatoms. The summed E-state index contributed by atoms with van der Waals surface area (Å²) < 4.78 is 4.70. The second-order valence-corrected chi connectivity index (χ2v) is 5.76. The van der Waals surface area contributed by atoms with Crippen LogP contribution < -0.4 is 10.6 Å². The van der Waals surface area contributed by atoms with Gasteiger partial charge in [0.15, 0.2) is 5.11 Å². The molecule has 2 N–H and O–H groups in total. The molecule has 0 atom stereocenters. The number of nitrogens with one attached hydrogen (secondary N) is 2. The number of carbonyl (C=O) groups is 1. The number of carbonyl (C=O) groups excluding carboxylic acids is 1. The van der Waals surface area contributed by atoms with Crippen LogP contribution in [0.5, 0.6) is 0 Å². The van der Waals surface area contributed by atoms with Gasteiger partial charge in [0.1, 0.15) is 0 Å². The van der Waals surface area contributed by atoms with Crippen molar-refractivity contribution < 1.29 is 9.53 Å². The molecule has 0 unspecified atom stereocenters. The van der Waals surface area contributed by atoms with Crippen LogP contribution in [0.2, 0.25) is 0 Å². The van der Waals surface area contributed by atoms with E-state index in [0.717, 1.165) is 11.3 Å². The smallest absolute Gasteiger partial charge is 0.337 e. The fraction of sp³-hybridized carbons (Fsp3) is 0.429. The van der Waals surface area contributed by atoms with E-state index in [1.165, 1.54) is 7.11 Å². The SMILES string of the molecule is COC(=O)c1ccc(C)c(NC(=S)NC(C)(C)C)c1. The van der Waals surface area contributed by atoms with Gasteiger partial charge in [-0.05, 0) is 57.6 Å². The van der Waals surface area contributed by atoms with E-state index in [4.69, 9.17) is 17.0 Å². The third-order valence-electron chi connectivity index (χ3n) is 2.40. The molecule has 1 aromatic carbocycles. The summed E-state index contributed by atoms with van der Waals surface area (Å²) >= 11 is 5.24. The Labute approximate surface area is 119 Å². The van der Waals surface area contributed by atoms with E-state index in [0.29, 0.717) is 10.7 Å². The van der Waals surface area contributed by atoms with Crippen LogP contribution in [0.25, 0.3) is 0 Å². The van der Waals surface area contributed by atoms with E-state index in [2.05, 4.69) is 10.6 Å². The summed E-state index contributed by atoms with van der Waals surface area (Å²) in [5, 5.41) is 6.79. The van der Waals surface area contributed by atoms with Gasteiger partial charge in [-0.25, -0.2) is 4.79 Å². The van der Waals surface area contributed by atoms with Gasteiger partial charge >= 0.3 is 5.97 Å². The Hall–Kier alpha value is -1.62. The van der Waals surface area contributed by atoms with E-state index in [1.54, 1.807) is 12.1 Å². The summed E-state index contributed by atoms with van der Waals surface area (Å²) in [7, 11) is 1.36. The zero-order valence-corrected chi connectivity index (χ0v) is 12.8. The molecular formula is C14H20N2O2S. The average Bonchev–Trinajstić information content (AvgIpc) is 2.28. The predicted octanol–water partition coefficient (Wildman–Crippen LogP) is 2.87. The standard InChI is InChI=1S/C14H20N2O2S/c1-9-6-7-10(12(17)18-5)8-11(9)15-13(19)16-14(2,3)4/h6-8H,1-5H3,(H2,15,16,19). The third kappa shape index (κ3) is 4.87. The molecule has 1 rings (SSSR count). The highest BCUT2D eigenvalue weighted by molar-refractivity contribution is 7.80. The first-order chi connectivity index (χ1) is 8.73. The van der Waals surface area contributed by atoms with Crippen molar-refractivity contribution in [2.75, 3.05) is 12.4 Å². The number of esters is 1. The molecule has 0 aliphatic rings. The second-order valence-electron chi connectivity index (χ2n) is 5.35. The maximum atomic E-state index is 11.5. The Balaban J connectivity index is 2.88. The van der Waals surface area contributed by atoms with Crippen LogP contribution in [0.3, 0.4) is 0 Å². The summed E-state index contributed by atoms with van der Waals surface area (Å²) in [6, 6.07) is 5.32. The molecule has 0 aromatic heterocycles. The van der Waals surface area contributed by atoms with Gasteiger partial charge in [-0.3, -0.25) is 0 Å². The minimum absolute atomic E-state index is 0.113. The molecule has 0 aliphatic heterocycles. The number of thiocarbonyl (C=S) groups is 1. The van der Waals surface area contributed by atoms with Gasteiger partial charge in [0.25, 0.3) is 0 Å². The van der Waals surface area contributed by atoms with Crippen molar-refractivity contribution in [2.45, 2.75) is 33.2 Å². The van der Waals surface area contributed by atoms with Crippen molar-refractivity contribution in [3.05, 3.63) is 29.3 Å². The lowest BCUT2D eigenvalue weighted by Gasteiger charge is -2.23. The highest BCUT2D eigenvalue weighted by Crippen LogP contribution is 2.17. The molecule has 0 aliphatic carbocycles. The van der Waals surface area contributed by atoms with Gasteiger partial charge in [0.2, 0.25) is 0 Å². The maximum absolute atomic E-state index is 11.5. The molecule has 1 aromatic rings. The number of rotatable bonds is 2. The molecule has 0 amide bonds. The molecular weight excluding hydrogens is 260 g/mol. The monoisotopic (exact) mass is 280 g/mol. The topological polar surface area (TPSA) is 50.4 Å². The van der Waals surface area contributed by atoms with Crippen molar-refractivity contribution in [2.24, 2.45) is 0 Å². The van der Waals surface area contributed by atoms with Crippen LogP contribution in [0.1, 0.15) is 36.7 Å². The molecule has 19 heavy (non-hydrogen) atoms. The number of ether oxygens (including phenoxy) is 1. The lowest BCUT2D eigenvalue weighted by molar-refractivity contribution is 0.0601. The van der Waals surface area contributed by atoms with E-state index >= 15 is 0 Å². The number of hydrogen-bond acceptors (Lipinski definition) is 3. The van der Waals surface area contributed by atoms with Crippen molar-refractivity contribution in [3.8, 4) is 0 Å². The van der Waals surface area contributed by atoms with Crippen LogP contribution >= 0.6 is 12.2 Å². The first-order valence-corrected chi connectivity index (χ1v) is 6.42. The molecule has 0 saturated heterocycles. The summed E-state index contributed by atoms with van der Waals surface area (Å²) in [6.45, 7) is 8.03. The number of methoxy groups -OCH3 is 1. The molecule has 0 heterocycles. The highest BCUT2D eigenvalue weighted by Gasteiger charge is 2.13. The Kier molecular flexibility index (Phi) is 4.89. The minimum atomic E-state index is -0.363. The van der Waals surface area contributed by atoms with Crippen molar-refractivity contribution in [1.82, 2.24) is 5.32 Å². The van der Waals surface area contributed by atoms with Gasteiger partial charge in [-0.15, -0.1) is 0 Å². The summed E-state index contributed by atoms with van der Waals surface area (Å²) in [5.74, 6) is -0.363. The Morgan fingerprint density at radius 2 is 1.95 bits per heavy atom. The number of hydrogen-bond donors (Lipinski definition) is 2. The van der Waals surface area contributed by atoms with E-state index in [1.807, 2.05) is 33.8 Å². The van der Waals surface area contributed by atoms with Crippen LogP contribution in [0.4, 0.5) is 5.69 Å². The van der Waals surface area contributed by atoms with E-state index in [-0.39, 0.29) is 11.5 Å².